The van der Waals surface area contributed by atoms with Crippen LogP contribution < -0.4 is 0 Å². The SMILES string of the molecule is COC(C)c1c(C(=O)O)cnn2cc(C)nc12. The first-order chi connectivity index (χ1) is 8.04. The molecule has 6 nitrogen and oxygen atoms in total. The molecule has 0 fully saturated rings. The first kappa shape index (κ1) is 11.5. The molecular weight excluding hydrogens is 222 g/mol. The van der Waals surface area contributed by atoms with Crippen molar-refractivity contribution < 1.29 is 14.6 Å². The Morgan fingerprint density at radius 1 is 1.59 bits per heavy atom. The number of nitrogens with zero attached hydrogens (tertiary/aromatic N) is 3. The van der Waals surface area contributed by atoms with E-state index in [1.54, 1.807) is 17.6 Å². The molecule has 1 N–H and O–H groups in total. The van der Waals surface area contributed by atoms with Crippen molar-refractivity contribution in [1.82, 2.24) is 14.6 Å². The molecule has 0 aliphatic carbocycles. The number of carbonyl (C=O) groups is 1. The Hall–Kier alpha value is -1.95. The van der Waals surface area contributed by atoms with Crippen LogP contribution in [-0.4, -0.2) is 32.8 Å². The van der Waals surface area contributed by atoms with Gasteiger partial charge in [-0.25, -0.2) is 14.3 Å². The van der Waals surface area contributed by atoms with Gasteiger partial charge in [-0.3, -0.25) is 0 Å². The zero-order valence-corrected chi connectivity index (χ0v) is 9.84. The highest BCUT2D eigenvalue weighted by Gasteiger charge is 2.21. The lowest BCUT2D eigenvalue weighted by molar-refractivity contribution is 0.0682. The first-order valence-corrected chi connectivity index (χ1v) is 5.15. The predicted octanol–water partition coefficient (Wildman–Crippen LogP) is 1.44. The minimum absolute atomic E-state index is 0.123. The highest BCUT2D eigenvalue weighted by atomic mass is 16.5. The molecule has 0 amide bonds. The molecule has 2 rings (SSSR count). The Morgan fingerprint density at radius 3 is 2.88 bits per heavy atom. The van der Waals surface area contributed by atoms with Gasteiger partial charge in [0.2, 0.25) is 0 Å². The predicted molar refractivity (Wildman–Crippen MR) is 60.1 cm³/mol. The molecule has 90 valence electrons. The van der Waals surface area contributed by atoms with Gasteiger partial charge in [-0.05, 0) is 13.8 Å². The van der Waals surface area contributed by atoms with Crippen LogP contribution in [0.2, 0.25) is 0 Å². The number of hydrogen-bond donors (Lipinski definition) is 1. The molecule has 0 radical (unpaired) electrons. The minimum Gasteiger partial charge on any atom is -0.478 e. The zero-order chi connectivity index (χ0) is 12.6. The molecular formula is C11H13N3O3. The van der Waals surface area contributed by atoms with E-state index in [0.717, 1.165) is 5.69 Å². The number of aromatic carboxylic acids is 1. The fourth-order valence-electron chi connectivity index (χ4n) is 1.76. The first-order valence-electron chi connectivity index (χ1n) is 5.15. The summed E-state index contributed by atoms with van der Waals surface area (Å²) in [6, 6.07) is 0. The molecule has 0 spiro atoms. The summed E-state index contributed by atoms with van der Waals surface area (Å²) in [5.41, 5.74) is 1.97. The lowest BCUT2D eigenvalue weighted by atomic mass is 10.1. The Labute approximate surface area is 97.9 Å². The van der Waals surface area contributed by atoms with E-state index < -0.39 is 5.97 Å². The van der Waals surface area contributed by atoms with Gasteiger partial charge in [0, 0.05) is 12.7 Å². The van der Waals surface area contributed by atoms with Gasteiger partial charge in [0.05, 0.1) is 29.8 Å². The summed E-state index contributed by atoms with van der Waals surface area (Å²) in [6.07, 6.45) is 2.71. The molecule has 0 aromatic carbocycles. The van der Waals surface area contributed by atoms with Crippen molar-refractivity contribution in [2.75, 3.05) is 7.11 Å². The van der Waals surface area contributed by atoms with E-state index in [0.29, 0.717) is 11.2 Å². The number of rotatable bonds is 3. The Balaban J connectivity index is 2.78. The number of imidazole rings is 1. The highest BCUT2D eigenvalue weighted by molar-refractivity contribution is 5.91. The number of aromatic nitrogens is 3. The number of ether oxygens (including phenoxy) is 1. The molecule has 1 unspecified atom stereocenters. The lowest BCUT2D eigenvalue weighted by Gasteiger charge is -2.13. The van der Waals surface area contributed by atoms with E-state index in [9.17, 15) is 4.79 Å². The van der Waals surface area contributed by atoms with Crippen molar-refractivity contribution in [2.24, 2.45) is 0 Å². The summed E-state index contributed by atoms with van der Waals surface area (Å²) in [5, 5.41) is 13.2. The van der Waals surface area contributed by atoms with Gasteiger partial charge in [0.1, 0.15) is 0 Å². The maximum Gasteiger partial charge on any atom is 0.337 e. The fraction of sp³-hybridized carbons (Fsp3) is 0.364. The molecule has 1 atom stereocenters. The molecule has 6 heteroatoms. The second-order valence-electron chi connectivity index (χ2n) is 3.81. The summed E-state index contributed by atoms with van der Waals surface area (Å²) in [6.45, 7) is 3.61. The molecule has 2 aromatic rings. The van der Waals surface area contributed by atoms with Gasteiger partial charge in [-0.15, -0.1) is 0 Å². The molecule has 0 aliphatic rings. The Morgan fingerprint density at radius 2 is 2.29 bits per heavy atom. The number of aryl methyl sites for hydroxylation is 1. The maximum absolute atomic E-state index is 11.2. The van der Waals surface area contributed by atoms with Gasteiger partial charge in [0.15, 0.2) is 5.65 Å². The smallest absolute Gasteiger partial charge is 0.337 e. The topological polar surface area (TPSA) is 76.7 Å². The summed E-state index contributed by atoms with van der Waals surface area (Å²) in [5.74, 6) is -1.03. The third-order valence-corrected chi connectivity index (χ3v) is 2.64. The van der Waals surface area contributed by atoms with Crippen LogP contribution in [-0.2, 0) is 4.74 Å². The van der Waals surface area contributed by atoms with E-state index in [2.05, 4.69) is 10.1 Å². The second kappa shape index (κ2) is 4.14. The zero-order valence-electron chi connectivity index (χ0n) is 9.84. The Bertz CT molecular complexity index is 577. The number of methoxy groups -OCH3 is 1. The van der Waals surface area contributed by atoms with Crippen molar-refractivity contribution >= 4 is 11.6 Å². The number of hydrogen-bond acceptors (Lipinski definition) is 4. The van der Waals surface area contributed by atoms with Crippen LogP contribution in [0.15, 0.2) is 12.4 Å². The molecule has 0 bridgehead atoms. The normalized spacial score (nSPS) is 12.9. The van der Waals surface area contributed by atoms with Crippen LogP contribution >= 0.6 is 0 Å². The molecule has 0 saturated carbocycles. The molecule has 0 aliphatic heterocycles. The summed E-state index contributed by atoms with van der Waals surface area (Å²) < 4.78 is 6.76. The maximum atomic E-state index is 11.2. The van der Waals surface area contributed by atoms with Gasteiger partial charge >= 0.3 is 5.97 Å². The van der Waals surface area contributed by atoms with E-state index in [1.165, 1.54) is 13.3 Å². The van der Waals surface area contributed by atoms with Gasteiger partial charge in [-0.2, -0.15) is 5.10 Å². The third kappa shape index (κ3) is 1.87. The lowest BCUT2D eigenvalue weighted by Crippen LogP contribution is -2.11. The van der Waals surface area contributed by atoms with Crippen LogP contribution in [0.25, 0.3) is 5.65 Å². The quantitative estimate of drug-likeness (QED) is 0.871. The largest absolute Gasteiger partial charge is 0.478 e. The highest BCUT2D eigenvalue weighted by Crippen LogP contribution is 2.24. The van der Waals surface area contributed by atoms with E-state index in [-0.39, 0.29) is 11.7 Å². The average Bonchev–Trinajstić information content (AvgIpc) is 2.66. The third-order valence-electron chi connectivity index (χ3n) is 2.64. The minimum atomic E-state index is -1.03. The van der Waals surface area contributed by atoms with Crippen molar-refractivity contribution in [3.8, 4) is 0 Å². The second-order valence-corrected chi connectivity index (χ2v) is 3.81. The van der Waals surface area contributed by atoms with Crippen LogP contribution in [0.4, 0.5) is 0 Å². The number of carboxylic acids is 1. The summed E-state index contributed by atoms with van der Waals surface area (Å²) >= 11 is 0. The summed E-state index contributed by atoms with van der Waals surface area (Å²) in [7, 11) is 1.53. The van der Waals surface area contributed by atoms with Crippen LogP contribution in [0.1, 0.15) is 34.6 Å². The van der Waals surface area contributed by atoms with Gasteiger partial charge in [0.25, 0.3) is 0 Å². The van der Waals surface area contributed by atoms with Crippen molar-refractivity contribution in [3.63, 3.8) is 0 Å². The molecule has 0 saturated heterocycles. The molecule has 2 heterocycles. The standard InChI is InChI=1S/C11H13N3O3/c1-6-5-14-10(13-6)9(7(2)17-3)8(4-12-14)11(15)16/h4-5,7H,1-3H3,(H,15,16). The average molecular weight is 235 g/mol. The summed E-state index contributed by atoms with van der Waals surface area (Å²) in [4.78, 5) is 15.4. The van der Waals surface area contributed by atoms with Crippen LogP contribution in [0.3, 0.4) is 0 Å². The van der Waals surface area contributed by atoms with E-state index >= 15 is 0 Å². The molecule has 2 aromatic heterocycles. The van der Waals surface area contributed by atoms with Crippen LogP contribution in [0.5, 0.6) is 0 Å². The van der Waals surface area contributed by atoms with Crippen LogP contribution in [0, 0.1) is 6.92 Å². The van der Waals surface area contributed by atoms with E-state index in [1.807, 2.05) is 6.92 Å². The monoisotopic (exact) mass is 235 g/mol. The fourth-order valence-corrected chi connectivity index (χ4v) is 1.76. The van der Waals surface area contributed by atoms with Crippen molar-refractivity contribution in [3.05, 3.63) is 29.2 Å². The Kier molecular flexibility index (Phi) is 2.81. The van der Waals surface area contributed by atoms with E-state index in [4.69, 9.17) is 9.84 Å². The van der Waals surface area contributed by atoms with Crippen molar-refractivity contribution in [1.29, 1.82) is 0 Å². The van der Waals surface area contributed by atoms with Crippen molar-refractivity contribution in [2.45, 2.75) is 20.0 Å². The van der Waals surface area contributed by atoms with Gasteiger partial charge < -0.3 is 9.84 Å². The molecule has 17 heavy (non-hydrogen) atoms. The van der Waals surface area contributed by atoms with Gasteiger partial charge in [-0.1, -0.05) is 0 Å². The number of fused-ring (bicyclic) bond motifs is 1. The number of carboxylic acid groups (broad SMARTS) is 1.